The lowest BCUT2D eigenvalue weighted by Crippen LogP contribution is -2.62. The van der Waals surface area contributed by atoms with Crippen molar-refractivity contribution in [3.05, 3.63) is 42.2 Å². The quantitative estimate of drug-likeness (QED) is 0.919. The number of rotatable bonds is 5. The molecule has 0 saturated heterocycles. The third-order valence-corrected chi connectivity index (χ3v) is 4.32. The van der Waals surface area contributed by atoms with Gasteiger partial charge in [-0.1, -0.05) is 43.7 Å². The highest BCUT2D eigenvalue weighted by molar-refractivity contribution is 5.26. The largest absolute Gasteiger partial charge is 0.490 e. The van der Waals surface area contributed by atoms with Crippen molar-refractivity contribution in [2.75, 3.05) is 6.61 Å². The number of aliphatic hydroxyl groups is 1. The van der Waals surface area contributed by atoms with Crippen LogP contribution in [0.2, 0.25) is 0 Å². The van der Waals surface area contributed by atoms with Crippen LogP contribution in [0.25, 0.3) is 0 Å². The van der Waals surface area contributed by atoms with Crippen molar-refractivity contribution >= 4 is 0 Å². The summed E-state index contributed by atoms with van der Waals surface area (Å²) in [5.74, 6) is -1.61. The predicted molar refractivity (Wildman–Crippen MR) is 85.9 cm³/mol. The van der Waals surface area contributed by atoms with Gasteiger partial charge in [-0.3, -0.25) is 0 Å². The fourth-order valence-corrected chi connectivity index (χ4v) is 2.48. The zero-order valence-electron chi connectivity index (χ0n) is 14.2. The molecule has 0 spiro atoms. The van der Waals surface area contributed by atoms with Crippen LogP contribution in [0.1, 0.15) is 33.3 Å². The number of benzene rings is 1. The number of ether oxygens (including phenoxy) is 1. The van der Waals surface area contributed by atoms with Crippen LogP contribution in [0.15, 0.2) is 36.7 Å². The Hall–Kier alpha value is -1.95. The van der Waals surface area contributed by atoms with Crippen LogP contribution in [0.5, 0.6) is 5.75 Å². The zero-order chi connectivity index (χ0) is 17.3. The summed E-state index contributed by atoms with van der Waals surface area (Å²) in [6.07, 6.45) is 2.77. The van der Waals surface area contributed by atoms with Gasteiger partial charge in [-0.15, -0.1) is 5.10 Å². The molecule has 0 aliphatic heterocycles. The topological polar surface area (TPSA) is 60.2 Å². The maximum Gasteiger partial charge on any atom is 0.232 e. The molecule has 2 aromatic rings. The van der Waals surface area contributed by atoms with Crippen molar-refractivity contribution in [2.24, 2.45) is 5.41 Å². The number of hydrogen-bond donors (Lipinski definition) is 1. The molecule has 2 atom stereocenters. The maximum atomic E-state index is 15.5. The van der Waals surface area contributed by atoms with E-state index < -0.39 is 16.8 Å². The Morgan fingerprint density at radius 2 is 1.78 bits per heavy atom. The Morgan fingerprint density at radius 3 is 2.26 bits per heavy atom. The van der Waals surface area contributed by atoms with Gasteiger partial charge in [-0.25, -0.2) is 9.07 Å². The van der Waals surface area contributed by atoms with E-state index in [0.29, 0.717) is 5.75 Å². The second kappa shape index (κ2) is 5.92. The Morgan fingerprint density at radius 1 is 1.17 bits per heavy atom. The van der Waals surface area contributed by atoms with Crippen LogP contribution in [0, 0.1) is 12.3 Å². The first-order valence-corrected chi connectivity index (χ1v) is 7.55. The highest BCUT2D eigenvalue weighted by atomic mass is 19.1. The molecule has 0 aliphatic rings. The fraction of sp³-hybridized carbons (Fsp3) is 0.529. The van der Waals surface area contributed by atoms with E-state index in [2.05, 4.69) is 10.3 Å². The van der Waals surface area contributed by atoms with Crippen LogP contribution in [-0.2, 0) is 5.79 Å². The van der Waals surface area contributed by atoms with E-state index in [1.807, 2.05) is 19.1 Å². The van der Waals surface area contributed by atoms with E-state index in [1.54, 1.807) is 32.9 Å². The molecule has 0 radical (unpaired) electrons. The number of nitrogens with zero attached hydrogens (tertiary/aromatic N) is 3. The summed E-state index contributed by atoms with van der Waals surface area (Å²) >= 11 is 0. The third-order valence-electron chi connectivity index (χ3n) is 4.32. The summed E-state index contributed by atoms with van der Waals surface area (Å²) < 4.78 is 22.2. The van der Waals surface area contributed by atoms with E-state index >= 15 is 4.39 Å². The van der Waals surface area contributed by atoms with Gasteiger partial charge in [0, 0.05) is 6.20 Å². The second-order valence-corrected chi connectivity index (χ2v) is 7.01. The van der Waals surface area contributed by atoms with Crippen molar-refractivity contribution in [1.29, 1.82) is 0 Å². The number of aryl methyl sites for hydroxylation is 1. The van der Waals surface area contributed by atoms with Gasteiger partial charge in [-0.05, 0) is 31.4 Å². The minimum atomic E-state index is -2.19. The molecule has 2 unspecified atom stereocenters. The molecule has 1 heterocycles. The molecule has 2 rings (SSSR count). The SMILES string of the molecule is Cc1ccc(OCC(O)(C(C)(C)C)C(C)(F)n2ccnn2)cc1. The summed E-state index contributed by atoms with van der Waals surface area (Å²) in [4.78, 5) is 0. The van der Waals surface area contributed by atoms with E-state index in [1.165, 1.54) is 19.3 Å². The highest BCUT2D eigenvalue weighted by Gasteiger charge is 2.58. The van der Waals surface area contributed by atoms with Crippen molar-refractivity contribution in [1.82, 2.24) is 15.0 Å². The Balaban J connectivity index is 2.31. The van der Waals surface area contributed by atoms with E-state index in [0.717, 1.165) is 10.2 Å². The van der Waals surface area contributed by atoms with Gasteiger partial charge >= 0.3 is 0 Å². The lowest BCUT2D eigenvalue weighted by Gasteiger charge is -2.47. The molecule has 0 aliphatic carbocycles. The predicted octanol–water partition coefficient (Wildman–Crippen LogP) is 3.08. The van der Waals surface area contributed by atoms with Crippen molar-refractivity contribution in [2.45, 2.75) is 46.0 Å². The first-order chi connectivity index (χ1) is 10.6. The monoisotopic (exact) mass is 321 g/mol. The molecule has 1 aromatic heterocycles. The van der Waals surface area contributed by atoms with E-state index in [9.17, 15) is 5.11 Å². The van der Waals surface area contributed by atoms with Gasteiger partial charge in [0.2, 0.25) is 5.79 Å². The highest BCUT2D eigenvalue weighted by Crippen LogP contribution is 2.44. The minimum Gasteiger partial charge on any atom is -0.490 e. The minimum absolute atomic E-state index is 0.216. The van der Waals surface area contributed by atoms with Gasteiger partial charge < -0.3 is 9.84 Å². The maximum absolute atomic E-state index is 15.5. The first-order valence-electron chi connectivity index (χ1n) is 7.55. The molecule has 0 fully saturated rings. The lowest BCUT2D eigenvalue weighted by atomic mass is 9.71. The number of aromatic nitrogens is 3. The molecule has 6 heteroatoms. The molecule has 1 aromatic carbocycles. The van der Waals surface area contributed by atoms with Crippen molar-refractivity contribution < 1.29 is 14.2 Å². The van der Waals surface area contributed by atoms with Crippen molar-refractivity contribution in [3.63, 3.8) is 0 Å². The van der Waals surface area contributed by atoms with Crippen LogP contribution in [0.4, 0.5) is 4.39 Å². The van der Waals surface area contributed by atoms with Crippen LogP contribution in [-0.4, -0.2) is 32.3 Å². The molecule has 23 heavy (non-hydrogen) atoms. The normalized spacial score (nSPS) is 17.3. The number of hydrogen-bond acceptors (Lipinski definition) is 4. The van der Waals surface area contributed by atoms with E-state index in [4.69, 9.17) is 4.74 Å². The Labute approximate surface area is 136 Å². The average Bonchev–Trinajstić information content (AvgIpc) is 2.99. The molecule has 5 nitrogen and oxygen atoms in total. The van der Waals surface area contributed by atoms with Gasteiger partial charge in [0.15, 0.2) is 5.60 Å². The molecular formula is C17H24FN3O2. The Kier molecular flexibility index (Phi) is 4.48. The molecular weight excluding hydrogens is 297 g/mol. The number of alkyl halides is 1. The second-order valence-electron chi connectivity index (χ2n) is 7.01. The fourth-order valence-electron chi connectivity index (χ4n) is 2.48. The Bertz CT molecular complexity index is 633. The van der Waals surface area contributed by atoms with Crippen LogP contribution >= 0.6 is 0 Å². The standard InChI is InChI=1S/C17H24FN3O2/c1-13-6-8-14(9-7-13)23-12-17(22,15(2,3)4)16(5,18)21-11-10-19-20-21/h6-11,22H,12H2,1-5H3. The summed E-state index contributed by atoms with van der Waals surface area (Å²) in [5.41, 5.74) is -1.52. The van der Waals surface area contributed by atoms with E-state index in [-0.39, 0.29) is 6.61 Å². The van der Waals surface area contributed by atoms with Crippen LogP contribution < -0.4 is 4.74 Å². The van der Waals surface area contributed by atoms with Gasteiger partial charge in [-0.2, -0.15) is 0 Å². The molecule has 0 amide bonds. The zero-order valence-corrected chi connectivity index (χ0v) is 14.2. The van der Waals surface area contributed by atoms with Gasteiger partial charge in [0.25, 0.3) is 0 Å². The lowest BCUT2D eigenvalue weighted by molar-refractivity contribution is -0.218. The van der Waals surface area contributed by atoms with Crippen molar-refractivity contribution in [3.8, 4) is 5.75 Å². The number of halogens is 1. The smallest absolute Gasteiger partial charge is 0.232 e. The summed E-state index contributed by atoms with van der Waals surface area (Å²) in [7, 11) is 0. The average molecular weight is 321 g/mol. The third kappa shape index (κ3) is 3.22. The molecule has 0 bridgehead atoms. The molecule has 0 saturated carbocycles. The molecule has 126 valence electrons. The first kappa shape index (κ1) is 17.4. The summed E-state index contributed by atoms with van der Waals surface area (Å²) in [5, 5.41) is 18.5. The summed E-state index contributed by atoms with van der Waals surface area (Å²) in [6.45, 7) is 8.33. The van der Waals surface area contributed by atoms with Gasteiger partial charge in [0.05, 0.1) is 6.20 Å². The van der Waals surface area contributed by atoms with Gasteiger partial charge in [0.1, 0.15) is 12.4 Å². The van der Waals surface area contributed by atoms with Crippen LogP contribution in [0.3, 0.4) is 0 Å². The summed E-state index contributed by atoms with van der Waals surface area (Å²) in [6, 6.07) is 7.39. The molecule has 1 N–H and O–H groups in total.